The molecule has 2 heterocycles. The minimum absolute atomic E-state index is 0.0109. The standard InChI is InChI=1S/C17H20ClFN2O3/c18-13-3-1-4-14(19)12(13)11-16(22)20-6-8-21(9-7-20)17(23)15-5-2-10-24-15/h1,3-4,15H,2,5-11H2/t15-/m0/s1. The van der Waals surface area contributed by atoms with Gasteiger partial charge in [0.1, 0.15) is 11.9 Å². The summed E-state index contributed by atoms with van der Waals surface area (Å²) in [6.45, 7) is 2.50. The molecule has 2 aliphatic heterocycles. The summed E-state index contributed by atoms with van der Waals surface area (Å²) >= 11 is 5.97. The minimum Gasteiger partial charge on any atom is -0.368 e. The smallest absolute Gasteiger partial charge is 0.251 e. The van der Waals surface area contributed by atoms with Gasteiger partial charge in [-0.25, -0.2) is 4.39 Å². The lowest BCUT2D eigenvalue weighted by Gasteiger charge is -2.35. The number of carbonyl (C=O) groups is 2. The minimum atomic E-state index is -0.469. The van der Waals surface area contributed by atoms with Gasteiger partial charge in [0.25, 0.3) is 5.91 Å². The molecule has 0 saturated carbocycles. The van der Waals surface area contributed by atoms with Crippen LogP contribution in [0, 0.1) is 5.82 Å². The number of rotatable bonds is 3. The van der Waals surface area contributed by atoms with E-state index in [1.807, 2.05) is 0 Å². The fourth-order valence-corrected chi connectivity index (χ4v) is 3.35. The molecule has 0 radical (unpaired) electrons. The fraction of sp³-hybridized carbons (Fsp3) is 0.529. The first-order valence-electron chi connectivity index (χ1n) is 8.17. The van der Waals surface area contributed by atoms with Crippen LogP contribution in [-0.2, 0) is 20.7 Å². The first-order chi connectivity index (χ1) is 11.6. The van der Waals surface area contributed by atoms with Gasteiger partial charge in [0.15, 0.2) is 0 Å². The van der Waals surface area contributed by atoms with Crippen LogP contribution in [0.4, 0.5) is 4.39 Å². The summed E-state index contributed by atoms with van der Waals surface area (Å²) < 4.78 is 19.2. The van der Waals surface area contributed by atoms with Gasteiger partial charge >= 0.3 is 0 Å². The highest BCUT2D eigenvalue weighted by atomic mass is 35.5. The molecule has 130 valence electrons. The molecule has 2 fully saturated rings. The molecule has 7 heteroatoms. The Morgan fingerprint density at radius 1 is 1.21 bits per heavy atom. The third-order valence-electron chi connectivity index (χ3n) is 4.54. The third-order valence-corrected chi connectivity index (χ3v) is 4.89. The second-order valence-corrected chi connectivity index (χ2v) is 6.49. The number of hydrogen-bond donors (Lipinski definition) is 0. The first-order valence-corrected chi connectivity index (χ1v) is 8.55. The monoisotopic (exact) mass is 354 g/mol. The van der Waals surface area contributed by atoms with Gasteiger partial charge in [0, 0.05) is 43.4 Å². The molecule has 0 unspecified atom stereocenters. The normalized spacial score (nSPS) is 21.2. The van der Waals surface area contributed by atoms with Crippen molar-refractivity contribution in [2.45, 2.75) is 25.4 Å². The fourth-order valence-electron chi connectivity index (χ4n) is 3.12. The average molecular weight is 355 g/mol. The van der Waals surface area contributed by atoms with Crippen molar-refractivity contribution in [2.75, 3.05) is 32.8 Å². The molecular formula is C17H20ClFN2O3. The van der Waals surface area contributed by atoms with Crippen LogP contribution in [0.2, 0.25) is 5.02 Å². The van der Waals surface area contributed by atoms with E-state index < -0.39 is 5.82 Å². The molecule has 0 aliphatic carbocycles. The van der Waals surface area contributed by atoms with Crippen molar-refractivity contribution in [1.82, 2.24) is 9.80 Å². The highest BCUT2D eigenvalue weighted by Crippen LogP contribution is 2.21. The number of piperazine rings is 1. The van der Waals surface area contributed by atoms with Gasteiger partial charge in [-0.3, -0.25) is 9.59 Å². The van der Waals surface area contributed by atoms with Gasteiger partial charge in [-0.15, -0.1) is 0 Å². The number of nitrogens with zero attached hydrogens (tertiary/aromatic N) is 2. The van der Waals surface area contributed by atoms with E-state index in [2.05, 4.69) is 0 Å². The van der Waals surface area contributed by atoms with Crippen molar-refractivity contribution >= 4 is 23.4 Å². The summed E-state index contributed by atoms with van der Waals surface area (Å²) in [5.41, 5.74) is 0.224. The number of amides is 2. The van der Waals surface area contributed by atoms with Gasteiger partial charge in [-0.2, -0.15) is 0 Å². The molecule has 2 saturated heterocycles. The number of carbonyl (C=O) groups excluding carboxylic acids is 2. The Morgan fingerprint density at radius 2 is 1.92 bits per heavy atom. The van der Waals surface area contributed by atoms with Crippen LogP contribution in [-0.4, -0.2) is 60.5 Å². The van der Waals surface area contributed by atoms with Crippen LogP contribution in [0.25, 0.3) is 0 Å². The van der Waals surface area contributed by atoms with Crippen LogP contribution >= 0.6 is 11.6 Å². The maximum atomic E-state index is 13.8. The lowest BCUT2D eigenvalue weighted by atomic mass is 10.1. The first kappa shape index (κ1) is 17.2. The predicted octanol–water partition coefficient (Wildman–Crippen LogP) is 1.87. The second kappa shape index (κ2) is 7.49. The van der Waals surface area contributed by atoms with Crippen LogP contribution in [0.1, 0.15) is 18.4 Å². The second-order valence-electron chi connectivity index (χ2n) is 6.08. The summed E-state index contributed by atoms with van der Waals surface area (Å²) in [6, 6.07) is 4.39. The van der Waals surface area contributed by atoms with E-state index in [4.69, 9.17) is 16.3 Å². The average Bonchev–Trinajstić information content (AvgIpc) is 3.12. The van der Waals surface area contributed by atoms with Crippen LogP contribution in [0.3, 0.4) is 0 Å². The zero-order chi connectivity index (χ0) is 17.1. The SMILES string of the molecule is O=C(Cc1c(F)cccc1Cl)N1CCN(C(=O)[C@@H]2CCCO2)CC1. The van der Waals surface area contributed by atoms with Crippen LogP contribution in [0.5, 0.6) is 0 Å². The Morgan fingerprint density at radius 3 is 2.54 bits per heavy atom. The molecule has 2 amide bonds. The van der Waals surface area contributed by atoms with E-state index in [0.29, 0.717) is 32.8 Å². The Balaban J connectivity index is 1.54. The van der Waals surface area contributed by atoms with Gasteiger partial charge in [0.05, 0.1) is 6.42 Å². The molecule has 0 spiro atoms. The number of halogens is 2. The zero-order valence-electron chi connectivity index (χ0n) is 13.3. The lowest BCUT2D eigenvalue weighted by molar-refractivity contribution is -0.145. The summed E-state index contributed by atoms with van der Waals surface area (Å²) in [5.74, 6) is -0.633. The number of hydrogen-bond acceptors (Lipinski definition) is 3. The highest BCUT2D eigenvalue weighted by molar-refractivity contribution is 6.31. The summed E-state index contributed by atoms with van der Waals surface area (Å²) in [6.07, 6.45) is 1.29. The maximum Gasteiger partial charge on any atom is 0.251 e. The Labute approximate surface area is 145 Å². The van der Waals surface area contributed by atoms with Crippen molar-refractivity contribution in [3.05, 3.63) is 34.6 Å². The molecule has 3 rings (SSSR count). The molecule has 1 aromatic carbocycles. The molecule has 2 aliphatic rings. The molecule has 5 nitrogen and oxygen atoms in total. The number of benzene rings is 1. The predicted molar refractivity (Wildman–Crippen MR) is 87.2 cm³/mol. The van der Waals surface area contributed by atoms with E-state index >= 15 is 0 Å². The molecule has 0 aromatic heterocycles. The third kappa shape index (κ3) is 3.70. The van der Waals surface area contributed by atoms with E-state index in [0.717, 1.165) is 12.8 Å². The van der Waals surface area contributed by atoms with E-state index in [9.17, 15) is 14.0 Å². The molecule has 0 N–H and O–H groups in total. The van der Waals surface area contributed by atoms with Gasteiger partial charge in [-0.1, -0.05) is 17.7 Å². The molecule has 0 bridgehead atoms. The Bertz CT molecular complexity index is 606. The summed E-state index contributed by atoms with van der Waals surface area (Å²) in [7, 11) is 0. The van der Waals surface area contributed by atoms with E-state index in [1.54, 1.807) is 15.9 Å². The van der Waals surface area contributed by atoms with Crippen molar-refractivity contribution < 1.29 is 18.7 Å². The van der Waals surface area contributed by atoms with E-state index in [1.165, 1.54) is 12.1 Å². The van der Waals surface area contributed by atoms with Crippen LogP contribution in [0.15, 0.2) is 18.2 Å². The largest absolute Gasteiger partial charge is 0.368 e. The molecule has 1 aromatic rings. The summed E-state index contributed by atoms with van der Waals surface area (Å²) in [5, 5.41) is 0.260. The maximum absolute atomic E-state index is 13.8. The van der Waals surface area contributed by atoms with Gasteiger partial charge < -0.3 is 14.5 Å². The van der Waals surface area contributed by atoms with Crippen LogP contribution < -0.4 is 0 Å². The highest BCUT2D eigenvalue weighted by Gasteiger charge is 2.31. The Hall–Kier alpha value is -1.66. The lowest BCUT2D eigenvalue weighted by Crippen LogP contribution is -2.53. The van der Waals surface area contributed by atoms with Crippen molar-refractivity contribution in [1.29, 1.82) is 0 Å². The van der Waals surface area contributed by atoms with Crippen molar-refractivity contribution in [3.8, 4) is 0 Å². The van der Waals surface area contributed by atoms with Crippen molar-refractivity contribution in [3.63, 3.8) is 0 Å². The quantitative estimate of drug-likeness (QED) is 0.832. The van der Waals surface area contributed by atoms with Crippen molar-refractivity contribution in [2.24, 2.45) is 0 Å². The van der Waals surface area contributed by atoms with Gasteiger partial charge in [-0.05, 0) is 25.0 Å². The Kier molecular flexibility index (Phi) is 5.36. The summed E-state index contributed by atoms with van der Waals surface area (Å²) in [4.78, 5) is 28.1. The molecule has 1 atom stereocenters. The molecular weight excluding hydrogens is 335 g/mol. The molecule has 24 heavy (non-hydrogen) atoms. The zero-order valence-corrected chi connectivity index (χ0v) is 14.1. The number of ether oxygens (including phenoxy) is 1. The topological polar surface area (TPSA) is 49.9 Å². The van der Waals surface area contributed by atoms with E-state index in [-0.39, 0.29) is 34.9 Å². The van der Waals surface area contributed by atoms with Gasteiger partial charge in [0.2, 0.25) is 5.91 Å².